The van der Waals surface area contributed by atoms with E-state index >= 15 is 0 Å². The largest absolute Gasteiger partial charge is 0.388 e. The Bertz CT molecular complexity index is 447. The summed E-state index contributed by atoms with van der Waals surface area (Å²) in [6.07, 6.45) is 1.24. The normalized spacial score (nSPS) is 18.0. The van der Waals surface area contributed by atoms with Gasteiger partial charge in [0.05, 0.1) is 5.60 Å². The number of nitrogens with zero attached hydrogens (tertiary/aromatic N) is 1. The van der Waals surface area contributed by atoms with E-state index < -0.39 is 5.60 Å². The molecular weight excluding hydrogens is 259 g/mol. The van der Waals surface area contributed by atoms with Gasteiger partial charge in [0.15, 0.2) is 0 Å². The standard InChI is InChI=1S/C15H23FN2O2/c1-17-10-12-7-13(16)9-14(8-12)18(2)11-15(19)3-5-20-6-4-15/h7-9,17,19H,3-6,10-11H2,1-2H3. The number of nitrogens with one attached hydrogen (secondary N) is 1. The highest BCUT2D eigenvalue weighted by molar-refractivity contribution is 5.48. The SMILES string of the molecule is CNCc1cc(F)cc(N(C)CC2(O)CCOCC2)c1. The zero-order valence-corrected chi connectivity index (χ0v) is 12.2. The first kappa shape index (κ1) is 15.2. The lowest BCUT2D eigenvalue weighted by atomic mass is 9.93. The number of ether oxygens (including phenoxy) is 1. The van der Waals surface area contributed by atoms with Gasteiger partial charge in [-0.25, -0.2) is 4.39 Å². The van der Waals surface area contributed by atoms with Gasteiger partial charge in [-0.2, -0.15) is 0 Å². The molecule has 1 heterocycles. The molecule has 0 saturated carbocycles. The first-order valence-electron chi connectivity index (χ1n) is 6.98. The molecule has 2 N–H and O–H groups in total. The van der Waals surface area contributed by atoms with E-state index in [0.717, 1.165) is 11.3 Å². The number of halogens is 1. The van der Waals surface area contributed by atoms with Crippen molar-refractivity contribution >= 4 is 5.69 Å². The molecule has 0 spiro atoms. The second-order valence-corrected chi connectivity index (χ2v) is 5.54. The van der Waals surface area contributed by atoms with Crippen LogP contribution < -0.4 is 10.2 Å². The van der Waals surface area contributed by atoms with Crippen LogP contribution >= 0.6 is 0 Å². The highest BCUT2D eigenvalue weighted by atomic mass is 19.1. The minimum atomic E-state index is -0.748. The van der Waals surface area contributed by atoms with Crippen LogP contribution in [0.4, 0.5) is 10.1 Å². The second kappa shape index (κ2) is 6.52. The van der Waals surface area contributed by atoms with Gasteiger partial charge in [-0.05, 0) is 30.8 Å². The van der Waals surface area contributed by atoms with Crippen LogP contribution in [0, 0.1) is 5.82 Å². The molecule has 0 unspecified atom stereocenters. The molecule has 4 nitrogen and oxygen atoms in total. The maximum absolute atomic E-state index is 13.6. The molecule has 0 aromatic heterocycles. The minimum Gasteiger partial charge on any atom is -0.388 e. The monoisotopic (exact) mass is 282 g/mol. The van der Waals surface area contributed by atoms with Gasteiger partial charge in [0.2, 0.25) is 0 Å². The van der Waals surface area contributed by atoms with Crippen molar-refractivity contribution in [2.45, 2.75) is 25.0 Å². The van der Waals surface area contributed by atoms with Crippen molar-refractivity contribution < 1.29 is 14.2 Å². The molecule has 20 heavy (non-hydrogen) atoms. The number of benzene rings is 1. The topological polar surface area (TPSA) is 44.7 Å². The summed E-state index contributed by atoms with van der Waals surface area (Å²) >= 11 is 0. The molecule has 112 valence electrons. The molecule has 1 aliphatic rings. The predicted molar refractivity (Wildman–Crippen MR) is 77.4 cm³/mol. The Morgan fingerprint density at radius 2 is 2.05 bits per heavy atom. The number of rotatable bonds is 5. The zero-order chi connectivity index (χ0) is 14.6. The molecule has 1 saturated heterocycles. The molecule has 0 bridgehead atoms. The molecule has 2 rings (SSSR count). The molecule has 0 atom stereocenters. The van der Waals surface area contributed by atoms with E-state index in [1.165, 1.54) is 12.1 Å². The summed E-state index contributed by atoms with van der Waals surface area (Å²) in [6.45, 7) is 2.27. The maximum Gasteiger partial charge on any atom is 0.125 e. The van der Waals surface area contributed by atoms with E-state index in [9.17, 15) is 9.50 Å². The third-order valence-electron chi connectivity index (χ3n) is 3.72. The van der Waals surface area contributed by atoms with Gasteiger partial charge < -0.3 is 20.1 Å². The lowest BCUT2D eigenvalue weighted by molar-refractivity contribution is -0.0572. The van der Waals surface area contributed by atoms with Gasteiger partial charge >= 0.3 is 0 Å². The van der Waals surface area contributed by atoms with Crippen LogP contribution in [0.5, 0.6) is 0 Å². The van der Waals surface area contributed by atoms with E-state index in [1.54, 1.807) is 0 Å². The summed E-state index contributed by atoms with van der Waals surface area (Å²) in [4.78, 5) is 1.91. The number of aliphatic hydroxyl groups is 1. The smallest absolute Gasteiger partial charge is 0.125 e. The Hall–Kier alpha value is -1.17. The number of hydrogen-bond acceptors (Lipinski definition) is 4. The second-order valence-electron chi connectivity index (χ2n) is 5.54. The van der Waals surface area contributed by atoms with Crippen molar-refractivity contribution in [3.05, 3.63) is 29.6 Å². The minimum absolute atomic E-state index is 0.251. The van der Waals surface area contributed by atoms with E-state index in [0.29, 0.717) is 39.1 Å². The fourth-order valence-corrected chi connectivity index (χ4v) is 2.60. The summed E-state index contributed by atoms with van der Waals surface area (Å²) in [5, 5.41) is 13.5. The lowest BCUT2D eigenvalue weighted by Crippen LogP contribution is -2.45. The van der Waals surface area contributed by atoms with Crippen LogP contribution in [0.25, 0.3) is 0 Å². The zero-order valence-electron chi connectivity index (χ0n) is 12.2. The van der Waals surface area contributed by atoms with Gasteiger partial charge in [0.25, 0.3) is 0 Å². The summed E-state index contributed by atoms with van der Waals surface area (Å²) < 4.78 is 18.9. The molecule has 1 fully saturated rings. The average Bonchev–Trinajstić information content (AvgIpc) is 2.38. The van der Waals surface area contributed by atoms with Crippen LogP contribution in [0.1, 0.15) is 18.4 Å². The quantitative estimate of drug-likeness (QED) is 0.859. The van der Waals surface area contributed by atoms with Crippen molar-refractivity contribution in [3.63, 3.8) is 0 Å². The lowest BCUT2D eigenvalue weighted by Gasteiger charge is -2.36. The van der Waals surface area contributed by atoms with Gasteiger partial charge in [-0.15, -0.1) is 0 Å². The highest BCUT2D eigenvalue weighted by Gasteiger charge is 2.31. The fourth-order valence-electron chi connectivity index (χ4n) is 2.60. The van der Waals surface area contributed by atoms with Crippen molar-refractivity contribution in [1.29, 1.82) is 0 Å². The van der Waals surface area contributed by atoms with Crippen molar-refractivity contribution in [2.75, 3.05) is 38.8 Å². The first-order chi connectivity index (χ1) is 9.52. The average molecular weight is 282 g/mol. The van der Waals surface area contributed by atoms with Gasteiger partial charge in [-0.3, -0.25) is 0 Å². The van der Waals surface area contributed by atoms with Crippen molar-refractivity contribution in [3.8, 4) is 0 Å². The Morgan fingerprint density at radius 3 is 2.70 bits per heavy atom. The molecule has 1 aliphatic heterocycles. The maximum atomic E-state index is 13.6. The number of anilines is 1. The number of hydrogen-bond donors (Lipinski definition) is 2. The Balaban J connectivity index is 2.09. The molecule has 0 radical (unpaired) electrons. The van der Waals surface area contributed by atoms with Crippen LogP contribution in [-0.4, -0.2) is 44.6 Å². The van der Waals surface area contributed by atoms with Gasteiger partial charge in [-0.1, -0.05) is 0 Å². The van der Waals surface area contributed by atoms with Crippen LogP contribution in [0.2, 0.25) is 0 Å². The number of likely N-dealkylation sites (N-methyl/N-ethyl adjacent to an activating group) is 1. The van der Waals surface area contributed by atoms with Crippen LogP contribution in [0.15, 0.2) is 18.2 Å². The third kappa shape index (κ3) is 3.91. The summed E-state index contributed by atoms with van der Waals surface area (Å²) in [5.74, 6) is -0.251. The Kier molecular flexibility index (Phi) is 4.96. The van der Waals surface area contributed by atoms with Crippen molar-refractivity contribution in [1.82, 2.24) is 5.32 Å². The first-order valence-corrected chi connectivity index (χ1v) is 6.98. The van der Waals surface area contributed by atoms with Crippen LogP contribution in [-0.2, 0) is 11.3 Å². The van der Waals surface area contributed by atoms with E-state index in [1.807, 2.05) is 25.1 Å². The van der Waals surface area contributed by atoms with Gasteiger partial charge in [0, 0.05) is 51.9 Å². The molecule has 0 amide bonds. The summed E-state index contributed by atoms with van der Waals surface area (Å²) in [6, 6.07) is 4.97. The molecule has 1 aromatic carbocycles. The molecule has 1 aromatic rings. The molecule has 0 aliphatic carbocycles. The summed E-state index contributed by atoms with van der Waals surface area (Å²) in [5.41, 5.74) is 0.936. The third-order valence-corrected chi connectivity index (χ3v) is 3.72. The fraction of sp³-hybridized carbons (Fsp3) is 0.600. The molecular formula is C15H23FN2O2. The van der Waals surface area contributed by atoms with E-state index in [-0.39, 0.29) is 5.82 Å². The summed E-state index contributed by atoms with van der Waals surface area (Å²) in [7, 11) is 3.71. The van der Waals surface area contributed by atoms with Crippen LogP contribution in [0.3, 0.4) is 0 Å². The van der Waals surface area contributed by atoms with E-state index in [2.05, 4.69) is 5.32 Å². The van der Waals surface area contributed by atoms with Crippen molar-refractivity contribution in [2.24, 2.45) is 0 Å². The Labute approximate surface area is 119 Å². The predicted octanol–water partition coefficient (Wildman–Crippen LogP) is 1.52. The Morgan fingerprint density at radius 1 is 1.35 bits per heavy atom. The highest BCUT2D eigenvalue weighted by Crippen LogP contribution is 2.25. The molecule has 5 heteroatoms. The van der Waals surface area contributed by atoms with E-state index in [4.69, 9.17) is 4.74 Å². The van der Waals surface area contributed by atoms with Gasteiger partial charge in [0.1, 0.15) is 5.82 Å².